The van der Waals surface area contributed by atoms with E-state index >= 15 is 0 Å². The third-order valence-electron chi connectivity index (χ3n) is 4.47. The van der Waals surface area contributed by atoms with Gasteiger partial charge in [-0.05, 0) is 45.2 Å². The van der Waals surface area contributed by atoms with Crippen LogP contribution in [-0.2, 0) is 0 Å². The quantitative estimate of drug-likeness (QED) is 0.663. The van der Waals surface area contributed by atoms with Gasteiger partial charge in [-0.2, -0.15) is 0 Å². The fourth-order valence-corrected chi connectivity index (χ4v) is 3.47. The molecule has 0 aromatic heterocycles. The van der Waals surface area contributed by atoms with Gasteiger partial charge in [0.05, 0.1) is 0 Å². The summed E-state index contributed by atoms with van der Waals surface area (Å²) in [6.45, 7) is 9.17. The van der Waals surface area contributed by atoms with Gasteiger partial charge in [-0.1, -0.05) is 46.5 Å². The van der Waals surface area contributed by atoms with E-state index in [1.165, 1.54) is 70.9 Å². The molecule has 1 nitrogen and oxygen atoms in total. The standard InChI is InChI=1S/C13H25N.C2H6/c1-2-13(9-5-3-6-10-13)14-11-7-4-8-12-14;1-2/h2-12H2,1H3;1-2H3. The molecule has 2 fully saturated rings. The second-order valence-electron chi connectivity index (χ2n) is 5.19. The molecule has 1 saturated heterocycles. The molecule has 0 amide bonds. The Labute approximate surface area is 103 Å². The number of piperidine rings is 1. The molecule has 0 atom stereocenters. The van der Waals surface area contributed by atoms with Crippen LogP contribution in [0.25, 0.3) is 0 Å². The molecular weight excluding hydrogens is 194 g/mol. The second kappa shape index (κ2) is 7.32. The van der Waals surface area contributed by atoms with Crippen molar-refractivity contribution in [3.63, 3.8) is 0 Å². The molecule has 0 aromatic rings. The number of rotatable bonds is 2. The highest BCUT2D eigenvalue weighted by molar-refractivity contribution is 4.92. The van der Waals surface area contributed by atoms with Crippen molar-refractivity contribution in [3.8, 4) is 0 Å². The van der Waals surface area contributed by atoms with Crippen LogP contribution in [0.3, 0.4) is 0 Å². The van der Waals surface area contributed by atoms with Gasteiger partial charge in [-0.25, -0.2) is 0 Å². The van der Waals surface area contributed by atoms with Crippen LogP contribution < -0.4 is 0 Å². The Morgan fingerprint density at radius 2 is 1.31 bits per heavy atom. The molecule has 0 N–H and O–H groups in total. The summed E-state index contributed by atoms with van der Waals surface area (Å²) >= 11 is 0. The van der Waals surface area contributed by atoms with E-state index in [-0.39, 0.29) is 0 Å². The first-order valence-corrected chi connectivity index (χ1v) is 7.62. The maximum absolute atomic E-state index is 2.83. The molecule has 0 unspecified atom stereocenters. The fraction of sp³-hybridized carbons (Fsp3) is 1.00. The van der Waals surface area contributed by atoms with Gasteiger partial charge in [0.1, 0.15) is 0 Å². The van der Waals surface area contributed by atoms with Crippen LogP contribution in [0.15, 0.2) is 0 Å². The van der Waals surface area contributed by atoms with Gasteiger partial charge >= 0.3 is 0 Å². The Kier molecular flexibility index (Phi) is 6.41. The summed E-state index contributed by atoms with van der Waals surface area (Å²) in [6, 6.07) is 0. The smallest absolute Gasteiger partial charge is 0.0207 e. The Morgan fingerprint density at radius 3 is 1.81 bits per heavy atom. The van der Waals surface area contributed by atoms with E-state index in [0.717, 1.165) is 0 Å². The van der Waals surface area contributed by atoms with Crippen LogP contribution in [0.5, 0.6) is 0 Å². The van der Waals surface area contributed by atoms with E-state index in [4.69, 9.17) is 0 Å². The van der Waals surface area contributed by atoms with E-state index in [1.807, 2.05) is 13.8 Å². The number of hydrogen-bond donors (Lipinski definition) is 0. The summed E-state index contributed by atoms with van der Waals surface area (Å²) in [7, 11) is 0. The lowest BCUT2D eigenvalue weighted by Crippen LogP contribution is -2.51. The predicted octanol–water partition coefficient (Wildman–Crippen LogP) is 4.61. The zero-order chi connectivity index (χ0) is 11.9. The minimum absolute atomic E-state index is 0.624. The molecule has 1 aliphatic heterocycles. The summed E-state index contributed by atoms with van der Waals surface area (Å²) in [5.41, 5.74) is 0.624. The van der Waals surface area contributed by atoms with E-state index in [0.29, 0.717) is 5.54 Å². The molecule has 2 rings (SSSR count). The first-order chi connectivity index (χ1) is 7.87. The Balaban J connectivity index is 0.000000606. The maximum atomic E-state index is 2.83. The molecule has 1 saturated carbocycles. The Morgan fingerprint density at radius 1 is 0.812 bits per heavy atom. The highest BCUT2D eigenvalue weighted by Gasteiger charge is 2.36. The third-order valence-corrected chi connectivity index (χ3v) is 4.47. The number of nitrogens with zero attached hydrogens (tertiary/aromatic N) is 1. The van der Waals surface area contributed by atoms with Gasteiger partial charge < -0.3 is 0 Å². The third kappa shape index (κ3) is 3.23. The van der Waals surface area contributed by atoms with Crippen molar-refractivity contribution >= 4 is 0 Å². The van der Waals surface area contributed by atoms with E-state index in [1.54, 1.807) is 0 Å². The normalized spacial score (nSPS) is 25.7. The van der Waals surface area contributed by atoms with Crippen LogP contribution in [0.1, 0.15) is 78.6 Å². The van der Waals surface area contributed by atoms with Gasteiger partial charge in [-0.3, -0.25) is 4.90 Å². The number of hydrogen-bond acceptors (Lipinski definition) is 1. The van der Waals surface area contributed by atoms with Crippen LogP contribution in [-0.4, -0.2) is 23.5 Å². The molecule has 1 aliphatic carbocycles. The van der Waals surface area contributed by atoms with E-state index < -0.39 is 0 Å². The molecule has 0 radical (unpaired) electrons. The number of likely N-dealkylation sites (tertiary alicyclic amines) is 1. The highest BCUT2D eigenvalue weighted by Crippen LogP contribution is 2.37. The molecule has 1 heteroatoms. The molecule has 1 heterocycles. The minimum atomic E-state index is 0.624. The lowest BCUT2D eigenvalue weighted by Gasteiger charge is -2.48. The molecule has 16 heavy (non-hydrogen) atoms. The summed E-state index contributed by atoms with van der Waals surface area (Å²) in [4.78, 5) is 2.83. The van der Waals surface area contributed by atoms with Crippen LogP contribution in [0, 0.1) is 0 Å². The molecule has 96 valence electrons. The van der Waals surface area contributed by atoms with Gasteiger partial charge in [-0.15, -0.1) is 0 Å². The molecule has 0 spiro atoms. The largest absolute Gasteiger partial charge is 0.298 e. The van der Waals surface area contributed by atoms with Crippen molar-refractivity contribution in [2.75, 3.05) is 13.1 Å². The zero-order valence-electron chi connectivity index (χ0n) is 11.7. The van der Waals surface area contributed by atoms with Crippen molar-refractivity contribution in [2.45, 2.75) is 84.1 Å². The van der Waals surface area contributed by atoms with E-state index in [9.17, 15) is 0 Å². The van der Waals surface area contributed by atoms with Crippen molar-refractivity contribution < 1.29 is 0 Å². The van der Waals surface area contributed by atoms with Crippen molar-refractivity contribution in [1.82, 2.24) is 4.90 Å². The molecule has 0 aromatic carbocycles. The molecular formula is C15H31N. The lowest BCUT2D eigenvalue weighted by atomic mass is 9.77. The van der Waals surface area contributed by atoms with Gasteiger partial charge in [0.15, 0.2) is 0 Å². The molecule has 0 bridgehead atoms. The summed E-state index contributed by atoms with van der Waals surface area (Å²) in [5.74, 6) is 0. The lowest BCUT2D eigenvalue weighted by molar-refractivity contribution is 0.0303. The average molecular weight is 225 g/mol. The van der Waals surface area contributed by atoms with E-state index in [2.05, 4.69) is 11.8 Å². The molecule has 2 aliphatic rings. The Bertz CT molecular complexity index is 164. The topological polar surface area (TPSA) is 3.24 Å². The summed E-state index contributed by atoms with van der Waals surface area (Å²) in [5, 5.41) is 0. The van der Waals surface area contributed by atoms with Crippen molar-refractivity contribution in [3.05, 3.63) is 0 Å². The highest BCUT2D eigenvalue weighted by atomic mass is 15.2. The van der Waals surface area contributed by atoms with Gasteiger partial charge in [0, 0.05) is 5.54 Å². The first kappa shape index (κ1) is 14.0. The SMILES string of the molecule is CC.CCC1(N2CCCCC2)CCCCC1. The maximum Gasteiger partial charge on any atom is 0.0207 e. The van der Waals surface area contributed by atoms with Crippen LogP contribution in [0.2, 0.25) is 0 Å². The van der Waals surface area contributed by atoms with Gasteiger partial charge in [0.2, 0.25) is 0 Å². The Hall–Kier alpha value is -0.0400. The fourth-order valence-electron chi connectivity index (χ4n) is 3.47. The monoisotopic (exact) mass is 225 g/mol. The second-order valence-corrected chi connectivity index (χ2v) is 5.19. The van der Waals surface area contributed by atoms with Crippen LogP contribution >= 0.6 is 0 Å². The first-order valence-electron chi connectivity index (χ1n) is 7.62. The predicted molar refractivity (Wildman–Crippen MR) is 72.9 cm³/mol. The zero-order valence-corrected chi connectivity index (χ0v) is 11.7. The van der Waals surface area contributed by atoms with Crippen LogP contribution in [0.4, 0.5) is 0 Å². The van der Waals surface area contributed by atoms with Crippen molar-refractivity contribution in [1.29, 1.82) is 0 Å². The summed E-state index contributed by atoms with van der Waals surface area (Å²) < 4.78 is 0. The minimum Gasteiger partial charge on any atom is -0.298 e. The van der Waals surface area contributed by atoms with Gasteiger partial charge in [0.25, 0.3) is 0 Å². The van der Waals surface area contributed by atoms with Crippen molar-refractivity contribution in [2.24, 2.45) is 0 Å². The summed E-state index contributed by atoms with van der Waals surface area (Å²) in [6.07, 6.45) is 13.1. The average Bonchev–Trinajstić information content (AvgIpc) is 2.43.